The summed E-state index contributed by atoms with van der Waals surface area (Å²) in [6.07, 6.45) is 0.710. The van der Waals surface area contributed by atoms with Gasteiger partial charge in [0.15, 0.2) is 17.5 Å². The van der Waals surface area contributed by atoms with Crippen molar-refractivity contribution in [3.05, 3.63) is 65.0 Å². The largest absolute Gasteiger partial charge is 0.382 e. The molecule has 1 nitrogen and oxygen atoms in total. The third-order valence-electron chi connectivity index (χ3n) is 3.74. The van der Waals surface area contributed by atoms with E-state index in [2.05, 4.69) is 5.32 Å². The van der Waals surface area contributed by atoms with E-state index < -0.39 is 17.5 Å². The van der Waals surface area contributed by atoms with Crippen molar-refractivity contribution in [3.63, 3.8) is 0 Å². The molecule has 1 N–H and O–H groups in total. The summed E-state index contributed by atoms with van der Waals surface area (Å²) in [5.74, 6) is -3.82. The Bertz CT molecular complexity index is 631. The molecule has 0 bridgehead atoms. The second-order valence-corrected chi connectivity index (χ2v) is 5.22. The van der Waals surface area contributed by atoms with Gasteiger partial charge in [-0.1, -0.05) is 18.2 Å². The van der Waals surface area contributed by atoms with Crippen LogP contribution >= 0.6 is 0 Å². The van der Waals surface area contributed by atoms with Crippen molar-refractivity contribution in [1.29, 1.82) is 0 Å². The normalized spacial score (nSPS) is 21.2. The molecule has 1 heterocycles. The van der Waals surface area contributed by atoms with Gasteiger partial charge in [0.25, 0.3) is 0 Å². The number of halogens is 3. The monoisotopic (exact) mass is 277 g/mol. The van der Waals surface area contributed by atoms with Crippen molar-refractivity contribution in [1.82, 2.24) is 0 Å². The Hall–Kier alpha value is -1.97. The van der Waals surface area contributed by atoms with Gasteiger partial charge in [-0.15, -0.1) is 0 Å². The Kier molecular flexibility index (Phi) is 3.16. The van der Waals surface area contributed by atoms with Crippen LogP contribution in [0.1, 0.15) is 30.4 Å². The van der Waals surface area contributed by atoms with Crippen LogP contribution in [0.2, 0.25) is 0 Å². The maximum atomic E-state index is 13.4. The predicted molar refractivity (Wildman–Crippen MR) is 72.3 cm³/mol. The molecule has 2 aromatic rings. The zero-order valence-corrected chi connectivity index (χ0v) is 11.0. The molecule has 4 heteroatoms. The van der Waals surface area contributed by atoms with Gasteiger partial charge >= 0.3 is 0 Å². The third-order valence-corrected chi connectivity index (χ3v) is 3.74. The second-order valence-electron chi connectivity index (χ2n) is 5.22. The molecular weight excluding hydrogens is 263 g/mol. The molecule has 1 aliphatic rings. The Morgan fingerprint density at radius 2 is 1.70 bits per heavy atom. The van der Waals surface area contributed by atoms with Crippen LogP contribution < -0.4 is 5.32 Å². The van der Waals surface area contributed by atoms with E-state index in [0.29, 0.717) is 12.0 Å². The summed E-state index contributed by atoms with van der Waals surface area (Å²) in [6, 6.07) is 10.0. The lowest BCUT2D eigenvalue weighted by atomic mass is 9.82. The summed E-state index contributed by atoms with van der Waals surface area (Å²) in [6.45, 7) is 2.01. The van der Waals surface area contributed by atoms with Gasteiger partial charge in [-0.3, -0.25) is 0 Å². The average Bonchev–Trinajstić information content (AvgIpc) is 2.43. The van der Waals surface area contributed by atoms with Gasteiger partial charge in [0.1, 0.15) is 0 Å². The molecule has 0 fully saturated rings. The summed E-state index contributed by atoms with van der Waals surface area (Å²) in [7, 11) is 0. The van der Waals surface area contributed by atoms with Gasteiger partial charge in [0.05, 0.1) is 0 Å². The summed E-state index contributed by atoms with van der Waals surface area (Å²) < 4.78 is 40.0. The molecule has 0 aliphatic carbocycles. The maximum Gasteiger partial charge on any atom is 0.194 e. The molecule has 0 saturated heterocycles. The van der Waals surface area contributed by atoms with Crippen molar-refractivity contribution >= 4 is 5.69 Å². The maximum absolute atomic E-state index is 13.4. The van der Waals surface area contributed by atoms with Crippen LogP contribution in [0.15, 0.2) is 36.4 Å². The number of para-hydroxylation sites is 1. The molecule has 1 aliphatic heterocycles. The van der Waals surface area contributed by atoms with E-state index in [1.807, 2.05) is 31.2 Å². The van der Waals surface area contributed by atoms with Gasteiger partial charge in [-0.2, -0.15) is 0 Å². The lowest BCUT2D eigenvalue weighted by Gasteiger charge is -2.31. The van der Waals surface area contributed by atoms with Crippen LogP contribution in [-0.4, -0.2) is 6.04 Å². The fourth-order valence-corrected chi connectivity index (χ4v) is 2.83. The summed E-state index contributed by atoms with van der Waals surface area (Å²) in [4.78, 5) is 0. The van der Waals surface area contributed by atoms with Gasteiger partial charge in [0, 0.05) is 17.6 Å². The lowest BCUT2D eigenvalue weighted by molar-refractivity contribution is 0.443. The minimum atomic E-state index is -1.41. The van der Waals surface area contributed by atoms with Gasteiger partial charge in [-0.25, -0.2) is 13.2 Å². The summed E-state index contributed by atoms with van der Waals surface area (Å²) in [5, 5.41) is 3.34. The van der Waals surface area contributed by atoms with Crippen LogP contribution in [0, 0.1) is 17.5 Å². The van der Waals surface area contributed by atoms with Gasteiger partial charge in [-0.05, 0) is 42.7 Å². The number of benzene rings is 2. The van der Waals surface area contributed by atoms with Crippen molar-refractivity contribution in [3.8, 4) is 0 Å². The highest BCUT2D eigenvalue weighted by atomic mass is 19.2. The molecule has 0 radical (unpaired) electrons. The predicted octanol–water partition coefficient (Wildman–Crippen LogP) is 4.44. The minimum Gasteiger partial charge on any atom is -0.382 e. The molecule has 2 atom stereocenters. The number of fused-ring (bicyclic) bond motifs is 1. The first kappa shape index (κ1) is 13.0. The number of anilines is 1. The van der Waals surface area contributed by atoms with E-state index in [0.717, 1.165) is 23.4 Å². The first-order chi connectivity index (χ1) is 9.56. The van der Waals surface area contributed by atoms with Gasteiger partial charge in [0.2, 0.25) is 0 Å². The van der Waals surface area contributed by atoms with E-state index in [1.54, 1.807) is 0 Å². The van der Waals surface area contributed by atoms with E-state index >= 15 is 0 Å². The van der Waals surface area contributed by atoms with Crippen molar-refractivity contribution < 1.29 is 13.2 Å². The number of hydrogen-bond donors (Lipinski definition) is 1. The van der Waals surface area contributed by atoms with Crippen LogP contribution in [0.5, 0.6) is 0 Å². The molecule has 0 spiro atoms. The Balaban J connectivity index is 2.11. The van der Waals surface area contributed by atoms with E-state index in [-0.39, 0.29) is 12.0 Å². The van der Waals surface area contributed by atoms with Crippen molar-refractivity contribution in [2.75, 3.05) is 5.32 Å². The number of rotatable bonds is 1. The highest BCUT2D eigenvalue weighted by molar-refractivity contribution is 5.58. The fraction of sp³-hybridized carbons (Fsp3) is 0.250. The number of hydrogen-bond acceptors (Lipinski definition) is 1. The van der Waals surface area contributed by atoms with Crippen LogP contribution in [-0.2, 0) is 0 Å². The molecule has 2 aromatic carbocycles. The van der Waals surface area contributed by atoms with Crippen LogP contribution in [0.25, 0.3) is 0 Å². The second kappa shape index (κ2) is 4.85. The molecule has 20 heavy (non-hydrogen) atoms. The number of nitrogens with one attached hydrogen (secondary N) is 1. The fourth-order valence-electron chi connectivity index (χ4n) is 2.83. The first-order valence-electron chi connectivity index (χ1n) is 6.56. The molecule has 3 rings (SSSR count). The lowest BCUT2D eigenvalue weighted by Crippen LogP contribution is -2.26. The highest BCUT2D eigenvalue weighted by Gasteiger charge is 2.26. The van der Waals surface area contributed by atoms with E-state index in [4.69, 9.17) is 0 Å². The SMILES string of the molecule is CC1CC(c2cc(F)c(F)c(F)c2)c2ccccc2N1. The molecule has 104 valence electrons. The zero-order chi connectivity index (χ0) is 14.3. The quantitative estimate of drug-likeness (QED) is 0.760. The Labute approximate surface area is 115 Å². The standard InChI is InChI=1S/C16H14F3N/c1-9-6-12(11-4-2-3-5-15(11)20-9)10-7-13(17)16(19)14(18)8-10/h2-5,7-9,12,20H,6H2,1H3. The molecule has 0 amide bonds. The van der Waals surface area contributed by atoms with E-state index in [9.17, 15) is 13.2 Å². The molecule has 2 unspecified atom stereocenters. The minimum absolute atomic E-state index is 0.132. The summed E-state index contributed by atoms with van der Waals surface area (Å²) >= 11 is 0. The van der Waals surface area contributed by atoms with E-state index in [1.165, 1.54) is 0 Å². The highest BCUT2D eigenvalue weighted by Crippen LogP contribution is 2.39. The van der Waals surface area contributed by atoms with Crippen LogP contribution in [0.4, 0.5) is 18.9 Å². The zero-order valence-electron chi connectivity index (χ0n) is 11.0. The smallest absolute Gasteiger partial charge is 0.194 e. The van der Waals surface area contributed by atoms with Crippen LogP contribution in [0.3, 0.4) is 0 Å². The molecular formula is C16H14F3N. The Morgan fingerprint density at radius 3 is 2.40 bits per heavy atom. The van der Waals surface area contributed by atoms with Crippen molar-refractivity contribution in [2.45, 2.75) is 25.3 Å². The molecule has 0 aromatic heterocycles. The topological polar surface area (TPSA) is 12.0 Å². The van der Waals surface area contributed by atoms with Crippen molar-refractivity contribution in [2.24, 2.45) is 0 Å². The molecule has 0 saturated carbocycles. The average molecular weight is 277 g/mol. The Morgan fingerprint density at radius 1 is 1.05 bits per heavy atom. The van der Waals surface area contributed by atoms with Gasteiger partial charge < -0.3 is 5.32 Å². The first-order valence-corrected chi connectivity index (χ1v) is 6.56. The third kappa shape index (κ3) is 2.15. The summed E-state index contributed by atoms with van der Waals surface area (Å²) in [5.41, 5.74) is 2.42.